The fourth-order valence-electron chi connectivity index (χ4n) is 2.84. The highest BCUT2D eigenvalue weighted by Gasteiger charge is 2.18. The molecule has 8 heteroatoms. The number of fused-ring (bicyclic) bond motifs is 1. The van der Waals surface area contributed by atoms with E-state index in [1.54, 1.807) is 36.4 Å². The molecule has 0 radical (unpaired) electrons. The molecule has 0 atom stereocenters. The maximum atomic E-state index is 12.6. The fraction of sp³-hybridized carbons (Fsp3) is 0.190. The topological polar surface area (TPSA) is 110 Å². The van der Waals surface area contributed by atoms with E-state index in [1.165, 1.54) is 13.2 Å². The second-order valence-corrected chi connectivity index (χ2v) is 6.18. The van der Waals surface area contributed by atoms with Crippen molar-refractivity contribution in [1.82, 2.24) is 0 Å². The molecule has 0 bridgehead atoms. The highest BCUT2D eigenvalue weighted by Crippen LogP contribution is 2.28. The molecule has 2 amide bonds. The number of para-hydroxylation sites is 2. The Kier molecular flexibility index (Phi) is 6.13. The number of carbonyl (C=O) groups excluding carboxylic acids is 2. The number of carbonyl (C=O) groups is 2. The summed E-state index contributed by atoms with van der Waals surface area (Å²) < 4.78 is 10.1. The lowest BCUT2D eigenvalue weighted by Crippen LogP contribution is -2.25. The number of amides is 2. The van der Waals surface area contributed by atoms with Crippen molar-refractivity contribution in [2.75, 3.05) is 29.6 Å². The molecule has 1 aromatic heterocycles. The lowest BCUT2D eigenvalue weighted by molar-refractivity contribution is 0.0602. The summed E-state index contributed by atoms with van der Waals surface area (Å²) in [5.41, 5.74) is 0.655. The monoisotopic (exact) mass is 395 g/mol. The van der Waals surface area contributed by atoms with Crippen LogP contribution in [0.5, 0.6) is 0 Å². The minimum atomic E-state index is -0.691. The van der Waals surface area contributed by atoms with Crippen molar-refractivity contribution in [3.05, 3.63) is 64.5 Å². The van der Waals surface area contributed by atoms with Crippen molar-refractivity contribution in [1.29, 1.82) is 0 Å². The predicted molar refractivity (Wildman–Crippen MR) is 112 cm³/mol. The molecule has 150 valence electrons. The summed E-state index contributed by atoms with van der Waals surface area (Å²) in [4.78, 5) is 37.0. The minimum Gasteiger partial charge on any atom is -0.465 e. The Morgan fingerprint density at radius 2 is 1.72 bits per heavy atom. The van der Waals surface area contributed by atoms with Crippen LogP contribution < -0.4 is 21.6 Å². The number of benzene rings is 2. The van der Waals surface area contributed by atoms with E-state index >= 15 is 0 Å². The molecular weight excluding hydrogens is 374 g/mol. The number of nitrogens with one attached hydrogen (secondary N) is 3. The van der Waals surface area contributed by atoms with E-state index in [2.05, 4.69) is 16.0 Å². The van der Waals surface area contributed by atoms with Crippen LogP contribution in [0.3, 0.4) is 0 Å². The molecule has 0 saturated carbocycles. The first kappa shape index (κ1) is 19.9. The first-order valence-corrected chi connectivity index (χ1v) is 9.10. The van der Waals surface area contributed by atoms with Gasteiger partial charge in [0.05, 0.1) is 24.0 Å². The van der Waals surface area contributed by atoms with Gasteiger partial charge < -0.3 is 19.8 Å². The molecule has 0 aliphatic rings. The number of rotatable bonds is 6. The molecule has 3 rings (SSSR count). The Morgan fingerprint density at radius 3 is 2.48 bits per heavy atom. The number of urea groups is 1. The first-order chi connectivity index (χ1) is 14.0. The maximum absolute atomic E-state index is 12.6. The third kappa shape index (κ3) is 4.37. The van der Waals surface area contributed by atoms with Gasteiger partial charge in [0, 0.05) is 11.9 Å². The molecule has 0 aliphatic carbocycles. The van der Waals surface area contributed by atoms with Crippen molar-refractivity contribution < 1.29 is 18.7 Å². The Morgan fingerprint density at radius 1 is 1.00 bits per heavy atom. The van der Waals surface area contributed by atoms with Crippen molar-refractivity contribution in [2.24, 2.45) is 0 Å². The van der Waals surface area contributed by atoms with Crippen molar-refractivity contribution in [3.8, 4) is 0 Å². The number of anilines is 3. The summed E-state index contributed by atoms with van der Waals surface area (Å²) >= 11 is 0. The van der Waals surface area contributed by atoms with Gasteiger partial charge in [0.1, 0.15) is 5.58 Å². The van der Waals surface area contributed by atoms with Crippen LogP contribution in [0.4, 0.5) is 21.9 Å². The number of hydrogen-bond donors (Lipinski definition) is 3. The van der Waals surface area contributed by atoms with Crippen LogP contribution in [0.1, 0.15) is 23.7 Å². The normalized spacial score (nSPS) is 10.4. The van der Waals surface area contributed by atoms with E-state index in [9.17, 15) is 14.4 Å². The summed E-state index contributed by atoms with van der Waals surface area (Å²) in [7, 11) is 1.26. The van der Waals surface area contributed by atoms with Crippen molar-refractivity contribution in [2.45, 2.75) is 13.3 Å². The maximum Gasteiger partial charge on any atom is 0.362 e. The molecule has 0 unspecified atom stereocenters. The zero-order chi connectivity index (χ0) is 20.8. The molecule has 2 aromatic carbocycles. The van der Waals surface area contributed by atoms with Gasteiger partial charge in [-0.3, -0.25) is 5.32 Å². The van der Waals surface area contributed by atoms with E-state index in [0.29, 0.717) is 23.2 Å². The minimum absolute atomic E-state index is 0.00907. The van der Waals surface area contributed by atoms with Gasteiger partial charge in [0.15, 0.2) is 5.69 Å². The molecule has 1 heterocycles. The summed E-state index contributed by atoms with van der Waals surface area (Å²) in [5, 5.41) is 8.97. The zero-order valence-electron chi connectivity index (χ0n) is 16.1. The van der Waals surface area contributed by atoms with Gasteiger partial charge in [-0.15, -0.1) is 0 Å². The smallest absolute Gasteiger partial charge is 0.362 e. The summed E-state index contributed by atoms with van der Waals surface area (Å²) in [5.74, 6) is -0.587. The molecule has 8 nitrogen and oxygen atoms in total. The fourth-order valence-corrected chi connectivity index (χ4v) is 2.84. The van der Waals surface area contributed by atoms with Gasteiger partial charge >= 0.3 is 17.6 Å². The van der Waals surface area contributed by atoms with E-state index in [0.717, 1.165) is 6.42 Å². The number of ether oxygens (including phenoxy) is 1. The number of hydrogen-bond acceptors (Lipinski definition) is 6. The Labute approximate surface area is 166 Å². The Bertz CT molecular complexity index is 1110. The van der Waals surface area contributed by atoms with Gasteiger partial charge in [-0.25, -0.2) is 14.4 Å². The predicted octanol–water partition coefficient (Wildman–Crippen LogP) is 4.05. The van der Waals surface area contributed by atoms with Crippen LogP contribution in [0.25, 0.3) is 11.0 Å². The average Bonchev–Trinajstić information content (AvgIpc) is 2.73. The first-order valence-electron chi connectivity index (χ1n) is 9.10. The number of methoxy groups -OCH3 is 1. The third-order valence-corrected chi connectivity index (χ3v) is 4.18. The van der Waals surface area contributed by atoms with Crippen LogP contribution in [0.2, 0.25) is 0 Å². The van der Waals surface area contributed by atoms with Gasteiger partial charge in [-0.1, -0.05) is 31.2 Å². The van der Waals surface area contributed by atoms with E-state index in [1.807, 2.05) is 13.0 Å². The molecular formula is C21H21N3O5. The second kappa shape index (κ2) is 8.92. The van der Waals surface area contributed by atoms with Crippen molar-refractivity contribution in [3.63, 3.8) is 0 Å². The van der Waals surface area contributed by atoms with Crippen LogP contribution in [-0.4, -0.2) is 25.7 Å². The third-order valence-electron chi connectivity index (χ3n) is 4.18. The van der Waals surface area contributed by atoms with Crippen LogP contribution in [0, 0.1) is 0 Å². The van der Waals surface area contributed by atoms with Gasteiger partial charge in [-0.2, -0.15) is 0 Å². The molecule has 3 aromatic rings. The van der Waals surface area contributed by atoms with Crippen LogP contribution >= 0.6 is 0 Å². The summed E-state index contributed by atoms with van der Waals surface area (Å²) in [6, 6.07) is 12.8. The molecule has 0 aliphatic heterocycles. The van der Waals surface area contributed by atoms with Crippen LogP contribution in [0.15, 0.2) is 57.7 Å². The van der Waals surface area contributed by atoms with Crippen LogP contribution in [-0.2, 0) is 4.74 Å². The zero-order valence-corrected chi connectivity index (χ0v) is 16.1. The molecule has 0 fully saturated rings. The highest BCUT2D eigenvalue weighted by atomic mass is 16.5. The lowest BCUT2D eigenvalue weighted by atomic mass is 10.1. The second-order valence-electron chi connectivity index (χ2n) is 6.18. The Balaban J connectivity index is 1.94. The quantitative estimate of drug-likeness (QED) is 0.429. The molecule has 3 N–H and O–H groups in total. The standard InChI is InChI=1S/C21H21N3O5/c1-3-12-22-17-14-9-5-7-11-16(14)29-20(26)18(17)24-21(27)23-15-10-6-4-8-13(15)19(25)28-2/h4-11,22H,3,12H2,1-2H3,(H2,23,24,27). The van der Waals surface area contributed by atoms with E-state index < -0.39 is 17.6 Å². The largest absolute Gasteiger partial charge is 0.465 e. The average molecular weight is 395 g/mol. The molecule has 0 saturated heterocycles. The highest BCUT2D eigenvalue weighted by molar-refractivity contribution is 6.08. The SMILES string of the molecule is CCCNc1c(NC(=O)Nc2ccccc2C(=O)OC)c(=O)oc2ccccc12. The van der Waals surface area contributed by atoms with E-state index in [-0.39, 0.29) is 16.9 Å². The summed E-state index contributed by atoms with van der Waals surface area (Å²) in [6.07, 6.45) is 0.826. The van der Waals surface area contributed by atoms with Gasteiger partial charge in [-0.05, 0) is 30.7 Å². The van der Waals surface area contributed by atoms with E-state index in [4.69, 9.17) is 9.15 Å². The lowest BCUT2D eigenvalue weighted by Gasteiger charge is -2.15. The van der Waals surface area contributed by atoms with Gasteiger partial charge in [0.25, 0.3) is 0 Å². The van der Waals surface area contributed by atoms with Gasteiger partial charge in [0.2, 0.25) is 0 Å². The molecule has 0 spiro atoms. The number of esters is 1. The Hall–Kier alpha value is -3.81. The summed E-state index contributed by atoms with van der Waals surface area (Å²) in [6.45, 7) is 2.60. The van der Waals surface area contributed by atoms with Crippen molar-refractivity contribution >= 4 is 40.0 Å². The molecule has 29 heavy (non-hydrogen) atoms.